The van der Waals surface area contributed by atoms with Gasteiger partial charge in [-0.15, -0.1) is 0 Å². The first-order valence-electron chi connectivity index (χ1n) is 6.12. The largest absolute Gasteiger partial charge is 0.355 e. The molecule has 5 heteroatoms. The zero-order chi connectivity index (χ0) is 11.8. The van der Waals surface area contributed by atoms with E-state index in [1.54, 1.807) is 12.7 Å². The molecule has 2 aromatic rings. The average Bonchev–Trinajstić information content (AvgIpc) is 2.98. The number of imidazole rings is 1. The van der Waals surface area contributed by atoms with Gasteiger partial charge in [-0.1, -0.05) is 12.8 Å². The third-order valence-electron chi connectivity index (χ3n) is 3.68. The third kappa shape index (κ3) is 1.66. The minimum atomic E-state index is 0.607. The summed E-state index contributed by atoms with van der Waals surface area (Å²) in [5, 5.41) is 0. The Balaban J connectivity index is 2.04. The molecule has 0 atom stereocenters. The van der Waals surface area contributed by atoms with Crippen LogP contribution in [-0.2, 0) is 7.05 Å². The van der Waals surface area contributed by atoms with E-state index < -0.39 is 0 Å². The fourth-order valence-electron chi connectivity index (χ4n) is 2.66. The first-order valence-corrected chi connectivity index (χ1v) is 6.12. The summed E-state index contributed by atoms with van der Waals surface area (Å²) in [5.74, 6) is 0.961. The Kier molecular flexibility index (Phi) is 2.46. The van der Waals surface area contributed by atoms with Gasteiger partial charge in [0.25, 0.3) is 0 Å². The molecule has 0 amide bonds. The molecule has 0 radical (unpaired) electrons. The van der Waals surface area contributed by atoms with Crippen LogP contribution in [0.15, 0.2) is 12.7 Å². The Morgan fingerprint density at radius 3 is 2.76 bits per heavy atom. The molecule has 0 aromatic carbocycles. The van der Waals surface area contributed by atoms with E-state index in [1.165, 1.54) is 25.7 Å². The molecule has 1 saturated carbocycles. The van der Waals surface area contributed by atoms with Crippen molar-refractivity contribution in [2.45, 2.75) is 31.7 Å². The Hall–Kier alpha value is -1.65. The van der Waals surface area contributed by atoms with Gasteiger partial charge in [0, 0.05) is 20.1 Å². The summed E-state index contributed by atoms with van der Waals surface area (Å²) < 4.78 is 1.93. The number of rotatable bonds is 2. The van der Waals surface area contributed by atoms with Gasteiger partial charge in [-0.05, 0) is 12.8 Å². The Bertz CT molecular complexity index is 527. The highest BCUT2D eigenvalue weighted by Gasteiger charge is 2.23. The fourth-order valence-corrected chi connectivity index (χ4v) is 2.66. The Morgan fingerprint density at radius 2 is 2.00 bits per heavy atom. The topological polar surface area (TPSA) is 46.8 Å². The Morgan fingerprint density at radius 1 is 1.24 bits per heavy atom. The van der Waals surface area contributed by atoms with Crippen molar-refractivity contribution in [2.75, 3.05) is 11.9 Å². The summed E-state index contributed by atoms with van der Waals surface area (Å²) in [7, 11) is 4.08. The SMILES string of the molecule is CN(c1ncnc2c1ncn2C)C1CCCC1. The molecule has 0 spiro atoms. The summed E-state index contributed by atoms with van der Waals surface area (Å²) in [4.78, 5) is 15.4. The van der Waals surface area contributed by atoms with Crippen LogP contribution in [0.5, 0.6) is 0 Å². The lowest BCUT2D eigenvalue weighted by Crippen LogP contribution is -2.29. The molecule has 0 bridgehead atoms. The number of hydrogen-bond acceptors (Lipinski definition) is 4. The van der Waals surface area contributed by atoms with Crippen molar-refractivity contribution < 1.29 is 0 Å². The molecule has 0 aliphatic heterocycles. The summed E-state index contributed by atoms with van der Waals surface area (Å²) in [6.07, 6.45) is 8.59. The lowest BCUT2D eigenvalue weighted by Gasteiger charge is -2.25. The first-order chi connectivity index (χ1) is 8.27. The van der Waals surface area contributed by atoms with Crippen LogP contribution in [0.4, 0.5) is 5.82 Å². The lowest BCUT2D eigenvalue weighted by molar-refractivity contribution is 0.647. The quantitative estimate of drug-likeness (QED) is 0.790. The van der Waals surface area contributed by atoms with Gasteiger partial charge in [0.15, 0.2) is 17.0 Å². The van der Waals surface area contributed by atoms with Crippen LogP contribution in [0.1, 0.15) is 25.7 Å². The van der Waals surface area contributed by atoms with E-state index in [4.69, 9.17) is 0 Å². The molecule has 17 heavy (non-hydrogen) atoms. The molecule has 3 rings (SSSR count). The van der Waals surface area contributed by atoms with Crippen LogP contribution in [0, 0.1) is 0 Å². The third-order valence-corrected chi connectivity index (χ3v) is 3.68. The maximum absolute atomic E-state index is 4.41. The number of fused-ring (bicyclic) bond motifs is 1. The molecule has 0 saturated heterocycles. The maximum Gasteiger partial charge on any atom is 0.165 e. The number of hydrogen-bond donors (Lipinski definition) is 0. The van der Waals surface area contributed by atoms with Crippen molar-refractivity contribution in [1.29, 1.82) is 0 Å². The van der Waals surface area contributed by atoms with Gasteiger partial charge in [0.2, 0.25) is 0 Å². The van der Waals surface area contributed by atoms with E-state index in [2.05, 4.69) is 26.9 Å². The predicted molar refractivity (Wildman–Crippen MR) is 67.0 cm³/mol. The van der Waals surface area contributed by atoms with Gasteiger partial charge in [0.05, 0.1) is 6.33 Å². The van der Waals surface area contributed by atoms with Crippen LogP contribution in [0.3, 0.4) is 0 Å². The number of aryl methyl sites for hydroxylation is 1. The standard InChI is InChI=1S/C12H17N5/c1-16-8-15-10-11(16)13-7-14-12(10)17(2)9-5-3-4-6-9/h7-9H,3-6H2,1-2H3. The van der Waals surface area contributed by atoms with E-state index in [-0.39, 0.29) is 0 Å². The van der Waals surface area contributed by atoms with Gasteiger partial charge in [0.1, 0.15) is 6.33 Å². The number of aromatic nitrogens is 4. The zero-order valence-electron chi connectivity index (χ0n) is 10.3. The molecule has 90 valence electrons. The van der Waals surface area contributed by atoms with Gasteiger partial charge in [-0.25, -0.2) is 15.0 Å². The zero-order valence-corrected chi connectivity index (χ0v) is 10.3. The summed E-state index contributed by atoms with van der Waals surface area (Å²) >= 11 is 0. The number of anilines is 1. The van der Waals surface area contributed by atoms with E-state index in [0.717, 1.165) is 17.0 Å². The highest BCUT2D eigenvalue weighted by Crippen LogP contribution is 2.28. The van der Waals surface area contributed by atoms with Gasteiger partial charge < -0.3 is 9.47 Å². The van der Waals surface area contributed by atoms with E-state index >= 15 is 0 Å². The van der Waals surface area contributed by atoms with Crippen molar-refractivity contribution in [1.82, 2.24) is 19.5 Å². The van der Waals surface area contributed by atoms with Crippen molar-refractivity contribution in [3.8, 4) is 0 Å². The van der Waals surface area contributed by atoms with E-state index in [1.807, 2.05) is 11.6 Å². The second-order valence-electron chi connectivity index (χ2n) is 4.77. The van der Waals surface area contributed by atoms with Gasteiger partial charge in [-0.2, -0.15) is 0 Å². The highest BCUT2D eigenvalue weighted by atomic mass is 15.2. The van der Waals surface area contributed by atoms with Crippen molar-refractivity contribution in [3.63, 3.8) is 0 Å². The molecule has 1 aliphatic carbocycles. The highest BCUT2D eigenvalue weighted by molar-refractivity contribution is 5.83. The second-order valence-corrected chi connectivity index (χ2v) is 4.77. The van der Waals surface area contributed by atoms with Crippen molar-refractivity contribution in [2.24, 2.45) is 7.05 Å². The van der Waals surface area contributed by atoms with Crippen LogP contribution >= 0.6 is 0 Å². The van der Waals surface area contributed by atoms with Gasteiger partial charge in [-0.3, -0.25) is 0 Å². The fraction of sp³-hybridized carbons (Fsp3) is 0.583. The molecular formula is C12H17N5. The first kappa shape index (κ1) is 10.5. The second kappa shape index (κ2) is 3.98. The van der Waals surface area contributed by atoms with Crippen molar-refractivity contribution >= 4 is 17.0 Å². The van der Waals surface area contributed by atoms with Crippen LogP contribution in [0.25, 0.3) is 11.2 Å². The average molecular weight is 231 g/mol. The summed E-state index contributed by atoms with van der Waals surface area (Å²) in [5.41, 5.74) is 1.81. The molecule has 1 aliphatic rings. The molecule has 1 fully saturated rings. The monoisotopic (exact) mass is 231 g/mol. The van der Waals surface area contributed by atoms with Crippen LogP contribution in [0.2, 0.25) is 0 Å². The van der Waals surface area contributed by atoms with Crippen LogP contribution in [-0.4, -0.2) is 32.6 Å². The maximum atomic E-state index is 4.41. The summed E-state index contributed by atoms with van der Waals surface area (Å²) in [6.45, 7) is 0. The van der Waals surface area contributed by atoms with E-state index in [9.17, 15) is 0 Å². The molecule has 0 N–H and O–H groups in total. The Labute approximate surface area is 100 Å². The summed E-state index contributed by atoms with van der Waals surface area (Å²) in [6, 6.07) is 0.607. The van der Waals surface area contributed by atoms with Crippen molar-refractivity contribution in [3.05, 3.63) is 12.7 Å². The number of nitrogens with zero attached hydrogens (tertiary/aromatic N) is 5. The van der Waals surface area contributed by atoms with Gasteiger partial charge >= 0.3 is 0 Å². The lowest BCUT2D eigenvalue weighted by atomic mass is 10.2. The van der Waals surface area contributed by atoms with Crippen LogP contribution < -0.4 is 4.90 Å². The van der Waals surface area contributed by atoms with E-state index in [0.29, 0.717) is 6.04 Å². The molecule has 0 unspecified atom stereocenters. The smallest absolute Gasteiger partial charge is 0.165 e. The minimum absolute atomic E-state index is 0.607. The normalized spacial score (nSPS) is 16.8. The molecule has 2 aromatic heterocycles. The predicted octanol–water partition coefficient (Wildman–Crippen LogP) is 1.74. The minimum Gasteiger partial charge on any atom is -0.355 e. The molecule has 2 heterocycles. The molecular weight excluding hydrogens is 214 g/mol. The molecule has 5 nitrogen and oxygen atoms in total.